The van der Waals surface area contributed by atoms with E-state index in [2.05, 4.69) is 6.92 Å². The number of fused-ring (bicyclic) bond motifs is 4. The number of carbonyl (C=O) groups excluding carboxylic acids is 1. The Hall–Kier alpha value is -2.26. The Morgan fingerprint density at radius 2 is 1.81 bits per heavy atom. The normalized spacial score (nSPS) is 12.5. The standard InChI is InChI=1S/C18H12O2S/c1-2-10-7-8-11-13(9-10)17(20)18-15(11)16(19)12-5-3-4-6-14(12)21-18/h3-9H,2H2,1H3. The van der Waals surface area contributed by atoms with Crippen LogP contribution in [0, 0.1) is 0 Å². The van der Waals surface area contributed by atoms with Crippen LogP contribution >= 0.6 is 11.3 Å². The van der Waals surface area contributed by atoms with Crippen LogP contribution < -0.4 is 5.43 Å². The summed E-state index contributed by atoms with van der Waals surface area (Å²) < 4.78 is 0.873. The zero-order valence-electron chi connectivity index (χ0n) is 11.5. The Labute approximate surface area is 125 Å². The third kappa shape index (κ3) is 1.64. The van der Waals surface area contributed by atoms with Gasteiger partial charge >= 0.3 is 0 Å². The van der Waals surface area contributed by atoms with Crippen LogP contribution in [-0.2, 0) is 6.42 Å². The molecular formula is C18H12O2S. The van der Waals surface area contributed by atoms with Gasteiger partial charge in [-0.05, 0) is 35.7 Å². The van der Waals surface area contributed by atoms with E-state index in [9.17, 15) is 9.59 Å². The Balaban J connectivity index is 2.13. The zero-order valence-corrected chi connectivity index (χ0v) is 12.3. The van der Waals surface area contributed by atoms with E-state index in [0.29, 0.717) is 21.4 Å². The van der Waals surface area contributed by atoms with Crippen LogP contribution in [-0.4, -0.2) is 5.78 Å². The number of aryl methyl sites for hydroxylation is 1. The summed E-state index contributed by atoms with van der Waals surface area (Å²) in [6.07, 6.45) is 0.881. The molecule has 0 spiro atoms. The second-order valence-electron chi connectivity index (χ2n) is 5.19. The molecule has 1 aliphatic rings. The van der Waals surface area contributed by atoms with Crippen molar-refractivity contribution in [2.24, 2.45) is 0 Å². The summed E-state index contributed by atoms with van der Waals surface area (Å²) in [4.78, 5) is 25.9. The second kappa shape index (κ2) is 4.37. The Morgan fingerprint density at radius 1 is 1.00 bits per heavy atom. The van der Waals surface area contributed by atoms with Crippen LogP contribution in [0.5, 0.6) is 0 Å². The molecular weight excluding hydrogens is 280 g/mol. The summed E-state index contributed by atoms with van der Waals surface area (Å²) in [6, 6.07) is 13.3. The minimum atomic E-state index is -0.0318. The molecule has 0 N–H and O–H groups in total. The van der Waals surface area contributed by atoms with E-state index >= 15 is 0 Å². The third-order valence-corrected chi connectivity index (χ3v) is 5.18. The Bertz CT molecular complexity index is 967. The van der Waals surface area contributed by atoms with Gasteiger partial charge in [-0.1, -0.05) is 31.2 Å². The van der Waals surface area contributed by atoms with Gasteiger partial charge in [-0.3, -0.25) is 9.59 Å². The molecule has 1 aromatic heterocycles. The molecule has 0 aliphatic heterocycles. The molecule has 0 amide bonds. The summed E-state index contributed by atoms with van der Waals surface area (Å²) in [7, 11) is 0. The van der Waals surface area contributed by atoms with E-state index in [1.807, 2.05) is 42.5 Å². The monoisotopic (exact) mass is 292 g/mol. The second-order valence-corrected chi connectivity index (χ2v) is 6.25. The first-order chi connectivity index (χ1) is 10.2. The third-order valence-electron chi connectivity index (χ3n) is 4.01. The molecule has 3 aromatic rings. The molecule has 0 radical (unpaired) electrons. The van der Waals surface area contributed by atoms with Gasteiger partial charge in [-0.2, -0.15) is 0 Å². The van der Waals surface area contributed by atoms with Crippen LogP contribution in [0.25, 0.3) is 21.2 Å². The van der Waals surface area contributed by atoms with Crippen LogP contribution in [0.4, 0.5) is 0 Å². The number of benzene rings is 2. The van der Waals surface area contributed by atoms with Gasteiger partial charge in [-0.25, -0.2) is 0 Å². The van der Waals surface area contributed by atoms with E-state index in [-0.39, 0.29) is 11.2 Å². The molecule has 102 valence electrons. The van der Waals surface area contributed by atoms with E-state index in [0.717, 1.165) is 22.2 Å². The first-order valence-electron chi connectivity index (χ1n) is 6.94. The summed E-state index contributed by atoms with van der Waals surface area (Å²) in [6.45, 7) is 2.06. The van der Waals surface area contributed by atoms with Crippen molar-refractivity contribution in [1.82, 2.24) is 0 Å². The molecule has 0 fully saturated rings. The molecule has 0 bridgehead atoms. The minimum Gasteiger partial charge on any atom is -0.288 e. The molecule has 0 saturated carbocycles. The largest absolute Gasteiger partial charge is 0.288 e. The maximum Gasteiger partial charge on any atom is 0.204 e. The molecule has 1 aliphatic carbocycles. The predicted octanol–water partition coefficient (Wildman–Crippen LogP) is 4.04. The molecule has 4 rings (SSSR count). The zero-order chi connectivity index (χ0) is 14.6. The SMILES string of the molecule is CCc1ccc2c(c1)C(=O)c1sc3ccccc3c(=O)c1-2. The maximum atomic E-state index is 12.7. The number of hydrogen-bond donors (Lipinski definition) is 0. The number of hydrogen-bond acceptors (Lipinski definition) is 3. The highest BCUT2D eigenvalue weighted by molar-refractivity contribution is 7.21. The van der Waals surface area contributed by atoms with Crippen molar-refractivity contribution in [3.8, 4) is 11.1 Å². The summed E-state index contributed by atoms with van der Waals surface area (Å²) in [5.74, 6) is -0.0110. The number of carbonyl (C=O) groups is 1. The quantitative estimate of drug-likeness (QED) is 0.530. The molecule has 2 nitrogen and oxygen atoms in total. The van der Waals surface area contributed by atoms with E-state index in [4.69, 9.17) is 0 Å². The van der Waals surface area contributed by atoms with E-state index in [1.165, 1.54) is 11.3 Å². The van der Waals surface area contributed by atoms with Gasteiger partial charge in [0.2, 0.25) is 5.78 Å². The summed E-state index contributed by atoms with van der Waals surface area (Å²) in [5.41, 5.74) is 3.14. The highest BCUT2D eigenvalue weighted by Crippen LogP contribution is 2.39. The van der Waals surface area contributed by atoms with Crippen molar-refractivity contribution in [3.05, 3.63) is 68.7 Å². The van der Waals surface area contributed by atoms with Gasteiger partial charge in [0.25, 0.3) is 0 Å². The number of ketones is 1. The Kier molecular flexibility index (Phi) is 2.59. The van der Waals surface area contributed by atoms with Gasteiger partial charge < -0.3 is 0 Å². The van der Waals surface area contributed by atoms with Crippen LogP contribution in [0.2, 0.25) is 0 Å². The van der Waals surface area contributed by atoms with Crippen molar-refractivity contribution < 1.29 is 4.79 Å². The minimum absolute atomic E-state index is 0.0110. The topological polar surface area (TPSA) is 34.1 Å². The first-order valence-corrected chi connectivity index (χ1v) is 7.76. The van der Waals surface area contributed by atoms with Crippen molar-refractivity contribution >= 4 is 27.2 Å². The van der Waals surface area contributed by atoms with E-state index in [1.54, 1.807) is 0 Å². The smallest absolute Gasteiger partial charge is 0.204 e. The summed E-state index contributed by atoms with van der Waals surface area (Å²) >= 11 is 1.42. The lowest BCUT2D eigenvalue weighted by Crippen LogP contribution is -2.05. The van der Waals surface area contributed by atoms with Gasteiger partial charge in [0.15, 0.2) is 5.43 Å². The fourth-order valence-electron chi connectivity index (χ4n) is 2.89. The summed E-state index contributed by atoms with van der Waals surface area (Å²) in [5, 5.41) is 0.696. The number of rotatable bonds is 1. The van der Waals surface area contributed by atoms with Gasteiger partial charge in [0, 0.05) is 15.6 Å². The maximum absolute atomic E-state index is 12.7. The van der Waals surface area contributed by atoms with Gasteiger partial charge in [0.05, 0.1) is 10.4 Å². The van der Waals surface area contributed by atoms with Gasteiger partial charge in [-0.15, -0.1) is 11.3 Å². The van der Waals surface area contributed by atoms with Crippen LogP contribution in [0.1, 0.15) is 27.7 Å². The average Bonchev–Trinajstić information content (AvgIpc) is 2.80. The molecule has 1 heterocycles. The van der Waals surface area contributed by atoms with Crippen LogP contribution in [0.3, 0.4) is 0 Å². The fourth-order valence-corrected chi connectivity index (χ4v) is 4.03. The van der Waals surface area contributed by atoms with Crippen molar-refractivity contribution in [3.63, 3.8) is 0 Å². The Morgan fingerprint density at radius 3 is 2.62 bits per heavy atom. The molecule has 3 heteroatoms. The molecule has 21 heavy (non-hydrogen) atoms. The lowest BCUT2D eigenvalue weighted by molar-refractivity contribution is 0.104. The first kappa shape index (κ1) is 12.5. The lowest BCUT2D eigenvalue weighted by Gasteiger charge is -2.02. The molecule has 0 saturated heterocycles. The van der Waals surface area contributed by atoms with Crippen molar-refractivity contribution in [2.75, 3.05) is 0 Å². The molecule has 0 unspecified atom stereocenters. The molecule has 2 aromatic carbocycles. The lowest BCUT2D eigenvalue weighted by atomic mass is 10.0. The predicted molar refractivity (Wildman–Crippen MR) is 86.3 cm³/mol. The average molecular weight is 292 g/mol. The van der Waals surface area contributed by atoms with Crippen LogP contribution in [0.15, 0.2) is 47.3 Å². The van der Waals surface area contributed by atoms with Crippen molar-refractivity contribution in [2.45, 2.75) is 13.3 Å². The van der Waals surface area contributed by atoms with Crippen molar-refractivity contribution in [1.29, 1.82) is 0 Å². The van der Waals surface area contributed by atoms with Gasteiger partial charge in [0.1, 0.15) is 0 Å². The highest BCUT2D eigenvalue weighted by atomic mass is 32.1. The highest BCUT2D eigenvalue weighted by Gasteiger charge is 2.30. The van der Waals surface area contributed by atoms with E-state index < -0.39 is 0 Å². The molecule has 0 atom stereocenters. The fraction of sp³-hybridized carbons (Fsp3) is 0.111.